The van der Waals surface area contributed by atoms with Crippen LogP contribution < -0.4 is 5.32 Å². The first kappa shape index (κ1) is 18.9. The fraction of sp³-hybridized carbons (Fsp3) is 0.300. The number of carbonyl (C=O) groups is 1. The van der Waals surface area contributed by atoms with Crippen molar-refractivity contribution in [2.45, 2.75) is 36.7 Å². The number of thioether (sulfide) groups is 1. The molecular formula is C20H20FN7OS. The zero-order valence-corrected chi connectivity index (χ0v) is 16.9. The Bertz CT molecular complexity index is 1140. The summed E-state index contributed by atoms with van der Waals surface area (Å²) < 4.78 is 12.4. The van der Waals surface area contributed by atoms with Crippen molar-refractivity contribution in [2.75, 3.05) is 0 Å². The number of pyridine rings is 1. The second-order valence-corrected chi connectivity index (χ2v) is 8.90. The summed E-state index contributed by atoms with van der Waals surface area (Å²) in [4.78, 5) is 23.1. The van der Waals surface area contributed by atoms with Crippen molar-refractivity contribution in [3.63, 3.8) is 0 Å². The highest BCUT2D eigenvalue weighted by Crippen LogP contribution is 2.65. The molecule has 5 rings (SSSR count). The number of aliphatic imine (C=N–C) groups is 1. The molecule has 1 aliphatic heterocycles. The topological polar surface area (TPSA) is 98.0 Å². The summed E-state index contributed by atoms with van der Waals surface area (Å²) in [5, 5.41) is 16.2. The summed E-state index contributed by atoms with van der Waals surface area (Å²) in [5.74, 6) is 0.0635. The van der Waals surface area contributed by atoms with Crippen molar-refractivity contribution >= 4 is 22.7 Å². The smallest absolute Gasteiger partial charge is 0.239 e. The third-order valence-corrected chi connectivity index (χ3v) is 6.97. The second kappa shape index (κ2) is 6.98. The van der Waals surface area contributed by atoms with Gasteiger partial charge in [0.05, 0.1) is 12.1 Å². The molecule has 2 aromatic heterocycles. The molecule has 10 heteroatoms. The molecule has 2 atom stereocenters. The molecule has 2 aliphatic rings. The fourth-order valence-electron chi connectivity index (χ4n) is 3.57. The molecular weight excluding hydrogens is 405 g/mol. The molecule has 0 radical (unpaired) electrons. The maximum Gasteiger partial charge on any atom is 0.239 e. The molecule has 0 spiro atoms. The Kier molecular flexibility index (Phi) is 4.39. The molecule has 1 aromatic carbocycles. The van der Waals surface area contributed by atoms with E-state index in [1.807, 2.05) is 19.1 Å². The SMILES string of the molecule is CC12CC1(C(=O)NCc1cccnc1)SC(c1nnn(Cc3ccc(F)cc3)n1)=N2.[HH]. The van der Waals surface area contributed by atoms with Crippen molar-refractivity contribution < 1.29 is 10.6 Å². The van der Waals surface area contributed by atoms with Crippen molar-refractivity contribution in [1.82, 2.24) is 30.5 Å². The van der Waals surface area contributed by atoms with Crippen LogP contribution in [0.4, 0.5) is 4.39 Å². The average Bonchev–Trinajstić information content (AvgIpc) is 3.06. The summed E-state index contributed by atoms with van der Waals surface area (Å²) >= 11 is 1.40. The van der Waals surface area contributed by atoms with Crippen LogP contribution in [-0.2, 0) is 17.9 Å². The Morgan fingerprint density at radius 3 is 2.90 bits per heavy atom. The highest BCUT2D eigenvalue weighted by molar-refractivity contribution is 8.16. The van der Waals surface area contributed by atoms with Gasteiger partial charge in [-0.25, -0.2) is 4.39 Å². The minimum Gasteiger partial charge on any atom is -0.351 e. The number of amides is 1. The molecule has 8 nitrogen and oxygen atoms in total. The van der Waals surface area contributed by atoms with E-state index in [0.29, 0.717) is 30.4 Å². The third kappa shape index (κ3) is 3.26. The van der Waals surface area contributed by atoms with Crippen LogP contribution >= 0.6 is 11.8 Å². The van der Waals surface area contributed by atoms with E-state index in [1.165, 1.54) is 28.7 Å². The Morgan fingerprint density at radius 2 is 2.13 bits per heavy atom. The van der Waals surface area contributed by atoms with E-state index in [9.17, 15) is 9.18 Å². The van der Waals surface area contributed by atoms with Crippen LogP contribution in [0.1, 0.15) is 31.7 Å². The van der Waals surface area contributed by atoms with Crippen molar-refractivity contribution in [1.29, 1.82) is 0 Å². The van der Waals surface area contributed by atoms with Gasteiger partial charge in [0.1, 0.15) is 15.6 Å². The molecule has 30 heavy (non-hydrogen) atoms. The quantitative estimate of drug-likeness (QED) is 0.650. The summed E-state index contributed by atoms with van der Waals surface area (Å²) in [5.41, 5.74) is 1.34. The minimum atomic E-state index is -0.632. The number of hydrogen-bond acceptors (Lipinski definition) is 7. The fourth-order valence-corrected chi connectivity index (χ4v) is 5.11. The normalized spacial score (nSPS) is 24.3. The Balaban J connectivity index is 0.00000231. The van der Waals surface area contributed by atoms with Gasteiger partial charge in [0.25, 0.3) is 0 Å². The number of fused-ring (bicyclic) bond motifs is 1. The maximum absolute atomic E-state index is 13.1. The maximum atomic E-state index is 13.1. The number of aromatic nitrogens is 5. The molecule has 0 bridgehead atoms. The van der Waals surface area contributed by atoms with Crippen LogP contribution in [0, 0.1) is 5.82 Å². The summed E-state index contributed by atoms with van der Waals surface area (Å²) in [7, 11) is 0. The van der Waals surface area contributed by atoms with Gasteiger partial charge in [0.15, 0.2) is 0 Å². The Morgan fingerprint density at radius 1 is 1.30 bits per heavy atom. The zero-order chi connectivity index (χ0) is 20.8. The van der Waals surface area contributed by atoms with E-state index < -0.39 is 10.3 Å². The molecule has 1 aliphatic carbocycles. The number of rotatable bonds is 6. The molecule has 1 amide bonds. The van der Waals surface area contributed by atoms with E-state index in [1.54, 1.807) is 24.5 Å². The first-order chi connectivity index (χ1) is 14.5. The van der Waals surface area contributed by atoms with Crippen LogP contribution in [0.3, 0.4) is 0 Å². The van der Waals surface area contributed by atoms with Crippen LogP contribution in [0.15, 0.2) is 53.8 Å². The van der Waals surface area contributed by atoms with Gasteiger partial charge in [-0.2, -0.15) is 4.80 Å². The van der Waals surface area contributed by atoms with Gasteiger partial charge in [-0.1, -0.05) is 30.0 Å². The van der Waals surface area contributed by atoms with Crippen molar-refractivity contribution in [2.24, 2.45) is 4.99 Å². The van der Waals surface area contributed by atoms with Gasteiger partial charge < -0.3 is 5.32 Å². The highest BCUT2D eigenvalue weighted by atomic mass is 32.2. The van der Waals surface area contributed by atoms with Crippen LogP contribution in [0.2, 0.25) is 0 Å². The first-order valence-corrected chi connectivity index (χ1v) is 10.3. The van der Waals surface area contributed by atoms with E-state index in [4.69, 9.17) is 4.99 Å². The summed E-state index contributed by atoms with van der Waals surface area (Å²) in [6.07, 6.45) is 4.11. The largest absolute Gasteiger partial charge is 0.351 e. The van der Waals surface area contributed by atoms with E-state index in [-0.39, 0.29) is 13.2 Å². The number of hydrogen-bond donors (Lipinski definition) is 1. The number of carbonyl (C=O) groups excluding carboxylic acids is 1. The predicted octanol–water partition coefficient (Wildman–Crippen LogP) is 2.21. The molecule has 2 unspecified atom stereocenters. The van der Waals surface area contributed by atoms with Crippen LogP contribution in [-0.4, -0.2) is 46.4 Å². The zero-order valence-electron chi connectivity index (χ0n) is 16.1. The lowest BCUT2D eigenvalue weighted by Crippen LogP contribution is -2.37. The van der Waals surface area contributed by atoms with Gasteiger partial charge in [0.2, 0.25) is 11.7 Å². The number of nitrogens with zero attached hydrogens (tertiary/aromatic N) is 6. The Labute approximate surface area is 177 Å². The number of halogens is 1. The predicted molar refractivity (Wildman–Crippen MR) is 111 cm³/mol. The van der Waals surface area contributed by atoms with E-state index >= 15 is 0 Å². The van der Waals surface area contributed by atoms with E-state index in [2.05, 4.69) is 25.7 Å². The number of tetrazole rings is 1. The average molecular weight is 425 g/mol. The van der Waals surface area contributed by atoms with Gasteiger partial charge >= 0.3 is 0 Å². The highest BCUT2D eigenvalue weighted by Gasteiger charge is 2.74. The molecule has 1 N–H and O–H groups in total. The molecule has 1 saturated carbocycles. The van der Waals surface area contributed by atoms with Gasteiger partial charge in [-0.05, 0) is 41.5 Å². The molecule has 3 heterocycles. The van der Waals surface area contributed by atoms with Crippen LogP contribution in [0.5, 0.6) is 0 Å². The summed E-state index contributed by atoms with van der Waals surface area (Å²) in [6, 6.07) is 9.91. The molecule has 0 saturated heterocycles. The lowest BCUT2D eigenvalue weighted by atomic mass is 10.2. The molecule has 1 fully saturated rings. The second-order valence-electron chi connectivity index (χ2n) is 7.61. The first-order valence-electron chi connectivity index (χ1n) is 9.46. The van der Waals surface area contributed by atoms with Crippen LogP contribution in [0.25, 0.3) is 0 Å². The molecule has 154 valence electrons. The third-order valence-electron chi connectivity index (χ3n) is 5.38. The lowest BCUT2D eigenvalue weighted by Gasteiger charge is -2.13. The molecule has 3 aromatic rings. The lowest BCUT2D eigenvalue weighted by molar-refractivity contribution is -0.121. The Hall–Kier alpha value is -3.14. The van der Waals surface area contributed by atoms with Gasteiger partial charge in [-0.15, -0.1) is 10.2 Å². The summed E-state index contributed by atoms with van der Waals surface area (Å²) in [6.45, 7) is 2.77. The number of benzene rings is 1. The monoisotopic (exact) mass is 425 g/mol. The van der Waals surface area contributed by atoms with Crippen molar-refractivity contribution in [3.8, 4) is 0 Å². The van der Waals surface area contributed by atoms with Gasteiger partial charge in [-0.3, -0.25) is 14.8 Å². The standard InChI is InChI=1S/C20H18FN7OS.H2/c1-19-12-20(19,18(29)23-10-14-3-2-8-22-9-14)30-17(24-19)16-25-27-28(26-16)11-13-4-6-15(21)7-5-13;/h2-9H,10-12H2,1H3,(H,23,29);1H. The number of nitrogens with one attached hydrogen (secondary N) is 1. The van der Waals surface area contributed by atoms with Gasteiger partial charge in [0, 0.05) is 26.8 Å². The van der Waals surface area contributed by atoms with Crippen molar-refractivity contribution in [3.05, 3.63) is 71.6 Å². The minimum absolute atomic E-state index is 0. The van der Waals surface area contributed by atoms with E-state index in [0.717, 1.165) is 11.1 Å².